The van der Waals surface area contributed by atoms with Gasteiger partial charge < -0.3 is 19.9 Å². The number of para-hydroxylation sites is 1. The van der Waals surface area contributed by atoms with Gasteiger partial charge in [-0.2, -0.15) is 0 Å². The average Bonchev–Trinajstić information content (AvgIpc) is 3.22. The Bertz CT molecular complexity index is 1030. The fraction of sp³-hybridized carbons (Fsp3) is 0.333. The predicted molar refractivity (Wildman–Crippen MR) is 115 cm³/mol. The number of rotatable bonds is 5. The highest BCUT2D eigenvalue weighted by Crippen LogP contribution is 2.24. The summed E-state index contributed by atoms with van der Waals surface area (Å²) in [5.74, 6) is 1.77. The van der Waals surface area contributed by atoms with E-state index in [1.165, 1.54) is 5.56 Å². The fourth-order valence-electron chi connectivity index (χ4n) is 4.26. The number of imidazole rings is 1. The molecule has 1 amide bonds. The van der Waals surface area contributed by atoms with E-state index in [1.54, 1.807) is 0 Å². The van der Waals surface area contributed by atoms with Crippen molar-refractivity contribution in [2.45, 2.75) is 44.4 Å². The number of carbonyl (C=O) groups is 1. The molecule has 154 valence electrons. The van der Waals surface area contributed by atoms with Gasteiger partial charge in [0, 0.05) is 31.7 Å². The first kappa shape index (κ1) is 18.9. The molecule has 0 saturated heterocycles. The van der Waals surface area contributed by atoms with Gasteiger partial charge in [-0.15, -0.1) is 0 Å². The maximum absolute atomic E-state index is 12.8. The lowest BCUT2D eigenvalue weighted by molar-refractivity contribution is 0.0910. The van der Waals surface area contributed by atoms with Crippen molar-refractivity contribution < 1.29 is 9.53 Å². The van der Waals surface area contributed by atoms with Gasteiger partial charge >= 0.3 is 0 Å². The smallest absolute Gasteiger partial charge is 0.271 e. The molecule has 2 unspecified atom stereocenters. The van der Waals surface area contributed by atoms with Gasteiger partial charge in [-0.1, -0.05) is 48.5 Å². The van der Waals surface area contributed by atoms with Crippen molar-refractivity contribution in [3.63, 3.8) is 0 Å². The Balaban J connectivity index is 1.18. The molecule has 0 spiro atoms. The first-order valence-corrected chi connectivity index (χ1v) is 10.6. The van der Waals surface area contributed by atoms with Crippen molar-refractivity contribution >= 4 is 5.91 Å². The predicted octanol–water partition coefficient (Wildman–Crippen LogP) is 2.72. The summed E-state index contributed by atoms with van der Waals surface area (Å²) in [4.78, 5) is 17.4. The molecule has 2 N–H and O–H groups in total. The Hall–Kier alpha value is -3.12. The van der Waals surface area contributed by atoms with E-state index in [9.17, 15) is 4.79 Å². The molecular weight excluding hydrogens is 376 g/mol. The van der Waals surface area contributed by atoms with E-state index in [2.05, 4.69) is 44.5 Å². The molecule has 3 aromatic rings. The van der Waals surface area contributed by atoms with Crippen LogP contribution in [-0.4, -0.2) is 34.1 Å². The minimum atomic E-state index is -0.126. The van der Waals surface area contributed by atoms with Gasteiger partial charge in [0.05, 0.1) is 6.04 Å². The summed E-state index contributed by atoms with van der Waals surface area (Å²) in [6.07, 6.45) is 4.57. The second-order valence-corrected chi connectivity index (χ2v) is 8.09. The number of amides is 1. The molecule has 0 aliphatic carbocycles. The minimum absolute atomic E-state index is 0.0357. The summed E-state index contributed by atoms with van der Waals surface area (Å²) in [7, 11) is 0. The zero-order valence-corrected chi connectivity index (χ0v) is 16.9. The summed E-state index contributed by atoms with van der Waals surface area (Å²) in [6.45, 7) is 2.18. The van der Waals surface area contributed by atoms with Crippen molar-refractivity contribution in [1.29, 1.82) is 0 Å². The van der Waals surface area contributed by atoms with Crippen LogP contribution in [0, 0.1) is 0 Å². The van der Waals surface area contributed by atoms with Gasteiger partial charge in [0.25, 0.3) is 5.91 Å². The van der Waals surface area contributed by atoms with Crippen LogP contribution in [0.25, 0.3) is 0 Å². The quantitative estimate of drug-likeness (QED) is 0.689. The molecule has 5 rings (SSSR count). The van der Waals surface area contributed by atoms with Gasteiger partial charge in [0.15, 0.2) is 0 Å². The molecule has 0 saturated carbocycles. The number of benzene rings is 2. The van der Waals surface area contributed by atoms with Crippen LogP contribution in [-0.2, 0) is 25.9 Å². The van der Waals surface area contributed by atoms with Crippen molar-refractivity contribution in [1.82, 2.24) is 20.2 Å². The highest BCUT2D eigenvalue weighted by molar-refractivity contribution is 5.92. The van der Waals surface area contributed by atoms with Crippen LogP contribution in [0.2, 0.25) is 0 Å². The number of aromatic nitrogens is 2. The van der Waals surface area contributed by atoms with Crippen molar-refractivity contribution in [3.8, 4) is 5.75 Å². The highest BCUT2D eigenvalue weighted by atomic mass is 16.5. The first-order valence-electron chi connectivity index (χ1n) is 10.6. The second kappa shape index (κ2) is 8.32. The van der Waals surface area contributed by atoms with E-state index in [4.69, 9.17) is 4.74 Å². The summed E-state index contributed by atoms with van der Waals surface area (Å²) in [6, 6.07) is 18.8. The largest absolute Gasteiger partial charge is 0.491 e. The number of nitrogens with zero attached hydrogens (tertiary/aromatic N) is 2. The van der Waals surface area contributed by atoms with Crippen molar-refractivity contribution in [2.24, 2.45) is 0 Å². The third-order valence-electron chi connectivity index (χ3n) is 5.88. The monoisotopic (exact) mass is 402 g/mol. The topological polar surface area (TPSA) is 68.2 Å². The molecule has 6 nitrogen and oxygen atoms in total. The standard InChI is InChI=1S/C24H26N4O2/c29-24(26-20-12-18-8-4-5-9-22(18)30-16-20)21-15-28-14-19(10-11-23(28)27-21)25-13-17-6-2-1-3-7-17/h1-9,15,19-20,25H,10-14,16H2,(H,26,29). The number of nitrogens with one attached hydrogen (secondary N) is 2. The lowest BCUT2D eigenvalue weighted by atomic mass is 10.0. The Morgan fingerprint density at radius 1 is 1.10 bits per heavy atom. The molecule has 3 heterocycles. The molecule has 6 heteroatoms. The zero-order valence-electron chi connectivity index (χ0n) is 16.9. The van der Waals surface area contributed by atoms with Gasteiger partial charge in [0.2, 0.25) is 0 Å². The Morgan fingerprint density at radius 2 is 1.93 bits per heavy atom. The van der Waals surface area contributed by atoms with Gasteiger partial charge in [-0.25, -0.2) is 4.98 Å². The number of ether oxygens (including phenoxy) is 1. The number of carbonyl (C=O) groups excluding carboxylic acids is 1. The van der Waals surface area contributed by atoms with Crippen LogP contribution in [0.3, 0.4) is 0 Å². The molecule has 0 fully saturated rings. The summed E-state index contributed by atoms with van der Waals surface area (Å²) >= 11 is 0. The van der Waals surface area contributed by atoms with Crippen LogP contribution < -0.4 is 15.4 Å². The second-order valence-electron chi connectivity index (χ2n) is 8.09. The van der Waals surface area contributed by atoms with Crippen LogP contribution >= 0.6 is 0 Å². The maximum Gasteiger partial charge on any atom is 0.271 e. The van der Waals surface area contributed by atoms with Crippen molar-refractivity contribution in [3.05, 3.63) is 83.4 Å². The van der Waals surface area contributed by atoms with E-state index in [0.717, 1.165) is 49.5 Å². The molecule has 2 aromatic carbocycles. The lowest BCUT2D eigenvalue weighted by Gasteiger charge is -2.25. The summed E-state index contributed by atoms with van der Waals surface area (Å²) in [5, 5.41) is 6.71. The molecule has 1 aromatic heterocycles. The fourth-order valence-corrected chi connectivity index (χ4v) is 4.26. The minimum Gasteiger partial charge on any atom is -0.491 e. The Labute approximate surface area is 176 Å². The maximum atomic E-state index is 12.8. The molecule has 0 bridgehead atoms. The Kier molecular flexibility index (Phi) is 5.24. The average molecular weight is 402 g/mol. The normalized spacial score (nSPS) is 20.0. The van der Waals surface area contributed by atoms with Crippen molar-refractivity contribution in [2.75, 3.05) is 6.61 Å². The third-order valence-corrected chi connectivity index (χ3v) is 5.88. The Morgan fingerprint density at radius 3 is 2.83 bits per heavy atom. The number of aryl methyl sites for hydroxylation is 1. The lowest BCUT2D eigenvalue weighted by Crippen LogP contribution is -2.42. The van der Waals surface area contributed by atoms with Crippen LogP contribution in [0.15, 0.2) is 60.8 Å². The zero-order chi connectivity index (χ0) is 20.3. The van der Waals surface area contributed by atoms with Gasteiger partial charge in [-0.05, 0) is 30.0 Å². The highest BCUT2D eigenvalue weighted by Gasteiger charge is 2.25. The van der Waals surface area contributed by atoms with E-state index in [1.807, 2.05) is 36.5 Å². The van der Waals surface area contributed by atoms with Crippen LogP contribution in [0.4, 0.5) is 0 Å². The summed E-state index contributed by atoms with van der Waals surface area (Å²) in [5.41, 5.74) is 2.91. The molecule has 0 radical (unpaired) electrons. The summed E-state index contributed by atoms with van der Waals surface area (Å²) < 4.78 is 7.90. The first-order chi connectivity index (χ1) is 14.7. The van der Waals surface area contributed by atoms with Gasteiger partial charge in [-0.3, -0.25) is 4.79 Å². The van der Waals surface area contributed by atoms with E-state index in [-0.39, 0.29) is 11.9 Å². The van der Waals surface area contributed by atoms with Gasteiger partial charge in [0.1, 0.15) is 23.9 Å². The molecule has 2 aliphatic rings. The van der Waals surface area contributed by atoms with E-state index in [0.29, 0.717) is 18.3 Å². The van der Waals surface area contributed by atoms with Crippen LogP contribution in [0.1, 0.15) is 33.9 Å². The third kappa shape index (κ3) is 4.09. The number of hydrogen-bond acceptors (Lipinski definition) is 4. The van der Waals surface area contributed by atoms with E-state index < -0.39 is 0 Å². The molecular formula is C24H26N4O2. The molecule has 30 heavy (non-hydrogen) atoms. The van der Waals surface area contributed by atoms with Crippen LogP contribution in [0.5, 0.6) is 5.75 Å². The number of fused-ring (bicyclic) bond motifs is 2. The van der Waals surface area contributed by atoms with E-state index >= 15 is 0 Å². The number of hydrogen-bond donors (Lipinski definition) is 2. The molecule has 2 aliphatic heterocycles. The molecule has 2 atom stereocenters. The SMILES string of the molecule is O=C(NC1COc2ccccc2C1)c1cn2c(n1)CCC(NCc1ccccc1)C2.